The third kappa shape index (κ3) is 4.02. The molecule has 6 nitrogen and oxygen atoms in total. The second-order valence-electron chi connectivity index (χ2n) is 4.10. The van der Waals surface area contributed by atoms with Crippen molar-refractivity contribution >= 4 is 5.69 Å². The van der Waals surface area contributed by atoms with Crippen LogP contribution in [0.4, 0.5) is 18.9 Å². The third-order valence-electron chi connectivity index (χ3n) is 2.69. The molecule has 0 radical (unpaired) electrons. The predicted molar refractivity (Wildman–Crippen MR) is 65.5 cm³/mol. The van der Waals surface area contributed by atoms with Crippen molar-refractivity contribution in [3.8, 4) is 0 Å². The van der Waals surface area contributed by atoms with Gasteiger partial charge in [0, 0.05) is 22.7 Å². The summed E-state index contributed by atoms with van der Waals surface area (Å²) in [6.45, 7) is -0.0897. The van der Waals surface area contributed by atoms with Gasteiger partial charge >= 0.3 is 6.18 Å². The molecule has 1 aromatic rings. The van der Waals surface area contributed by atoms with Crippen molar-refractivity contribution in [3.63, 3.8) is 0 Å². The predicted octanol–water partition coefficient (Wildman–Crippen LogP) is 2.38. The maximum absolute atomic E-state index is 12.6. The zero-order chi connectivity index (χ0) is 15.3. The van der Waals surface area contributed by atoms with Crippen molar-refractivity contribution in [3.05, 3.63) is 39.8 Å². The summed E-state index contributed by atoms with van der Waals surface area (Å²) in [4.78, 5) is 2.46. The van der Waals surface area contributed by atoms with Gasteiger partial charge < -0.3 is 15.9 Å². The SMILES string of the molecule is [N-]=[N+]=NCCC(O)C(O)c1cc(C(F)(F)F)ccc1N. The number of halogens is 3. The van der Waals surface area contributed by atoms with Gasteiger partial charge in [-0.05, 0) is 30.2 Å². The molecule has 0 amide bonds. The molecule has 0 spiro atoms. The lowest BCUT2D eigenvalue weighted by Gasteiger charge is -2.20. The maximum Gasteiger partial charge on any atom is 0.416 e. The van der Waals surface area contributed by atoms with E-state index in [-0.39, 0.29) is 24.2 Å². The average molecular weight is 290 g/mol. The zero-order valence-corrected chi connectivity index (χ0v) is 10.2. The first-order valence-electron chi connectivity index (χ1n) is 5.61. The highest BCUT2D eigenvalue weighted by Crippen LogP contribution is 2.34. The topological polar surface area (TPSA) is 115 Å². The Morgan fingerprint density at radius 1 is 1.35 bits per heavy atom. The number of nitrogens with zero attached hydrogens (tertiary/aromatic N) is 3. The van der Waals surface area contributed by atoms with E-state index in [9.17, 15) is 23.4 Å². The van der Waals surface area contributed by atoms with E-state index in [2.05, 4.69) is 10.0 Å². The number of aliphatic hydroxyl groups excluding tert-OH is 2. The number of aliphatic hydroxyl groups is 2. The molecule has 0 aliphatic rings. The highest BCUT2D eigenvalue weighted by molar-refractivity contribution is 5.50. The molecule has 4 N–H and O–H groups in total. The van der Waals surface area contributed by atoms with Gasteiger partial charge in [0.15, 0.2) is 0 Å². The number of anilines is 1. The Morgan fingerprint density at radius 2 is 2.00 bits per heavy atom. The molecule has 9 heteroatoms. The number of azide groups is 1. The molecule has 0 bridgehead atoms. The molecule has 0 aliphatic heterocycles. The van der Waals surface area contributed by atoms with Crippen molar-refractivity contribution in [2.75, 3.05) is 12.3 Å². The summed E-state index contributed by atoms with van der Waals surface area (Å²) in [6, 6.07) is 2.50. The fourth-order valence-electron chi connectivity index (χ4n) is 1.61. The van der Waals surface area contributed by atoms with Gasteiger partial charge in [-0.25, -0.2) is 0 Å². The second kappa shape index (κ2) is 6.47. The van der Waals surface area contributed by atoms with Crippen LogP contribution in [0, 0.1) is 0 Å². The number of nitrogen functional groups attached to an aromatic ring is 1. The molecule has 0 aromatic heterocycles. The van der Waals surface area contributed by atoms with Gasteiger partial charge in [-0.2, -0.15) is 13.2 Å². The molecule has 0 heterocycles. The quantitative estimate of drug-likeness (QED) is 0.334. The first-order valence-corrected chi connectivity index (χ1v) is 5.61. The summed E-state index contributed by atoms with van der Waals surface area (Å²) in [6.07, 6.45) is -7.64. The van der Waals surface area contributed by atoms with E-state index >= 15 is 0 Å². The van der Waals surface area contributed by atoms with E-state index in [1.165, 1.54) is 0 Å². The number of benzene rings is 1. The van der Waals surface area contributed by atoms with Crippen LogP contribution in [0.1, 0.15) is 23.7 Å². The van der Waals surface area contributed by atoms with Gasteiger partial charge in [-0.1, -0.05) is 5.11 Å². The van der Waals surface area contributed by atoms with Crippen LogP contribution in [0.2, 0.25) is 0 Å². The van der Waals surface area contributed by atoms with Crippen molar-refractivity contribution in [2.45, 2.75) is 24.8 Å². The second-order valence-corrected chi connectivity index (χ2v) is 4.10. The minimum absolute atomic E-state index is 0.0617. The number of hydrogen-bond acceptors (Lipinski definition) is 4. The summed E-state index contributed by atoms with van der Waals surface area (Å²) in [5, 5.41) is 22.6. The van der Waals surface area contributed by atoms with Crippen LogP contribution in [0.3, 0.4) is 0 Å². The smallest absolute Gasteiger partial charge is 0.398 e. The summed E-state index contributed by atoms with van der Waals surface area (Å²) in [7, 11) is 0. The molecule has 1 aromatic carbocycles. The van der Waals surface area contributed by atoms with Crippen LogP contribution in [0.5, 0.6) is 0 Å². The fourth-order valence-corrected chi connectivity index (χ4v) is 1.61. The lowest BCUT2D eigenvalue weighted by molar-refractivity contribution is -0.137. The van der Waals surface area contributed by atoms with Gasteiger partial charge in [0.25, 0.3) is 0 Å². The molecule has 2 unspecified atom stereocenters. The highest BCUT2D eigenvalue weighted by Gasteiger charge is 2.32. The number of hydrogen-bond donors (Lipinski definition) is 3. The van der Waals surface area contributed by atoms with E-state index in [0.717, 1.165) is 12.1 Å². The molecule has 1 rings (SSSR count). The van der Waals surface area contributed by atoms with Gasteiger partial charge in [0.05, 0.1) is 11.7 Å². The van der Waals surface area contributed by atoms with Crippen LogP contribution in [-0.2, 0) is 6.18 Å². The summed E-state index contributed by atoms with van der Waals surface area (Å²) in [5.74, 6) is 0. The Bertz CT molecular complexity index is 515. The first-order chi connectivity index (χ1) is 9.27. The van der Waals surface area contributed by atoms with E-state index in [1.807, 2.05) is 0 Å². The fraction of sp³-hybridized carbons (Fsp3) is 0.455. The molecule has 0 aliphatic carbocycles. The Kier molecular flexibility index (Phi) is 5.20. The van der Waals surface area contributed by atoms with Crippen molar-refractivity contribution < 1.29 is 23.4 Å². The normalized spacial score (nSPS) is 14.4. The molecule has 2 atom stereocenters. The minimum Gasteiger partial charge on any atom is -0.398 e. The summed E-state index contributed by atoms with van der Waals surface area (Å²) in [5.41, 5.74) is 12.3. The lowest BCUT2D eigenvalue weighted by Crippen LogP contribution is -2.21. The van der Waals surface area contributed by atoms with Gasteiger partial charge in [0.1, 0.15) is 6.10 Å². The largest absolute Gasteiger partial charge is 0.416 e. The number of alkyl halides is 3. The van der Waals surface area contributed by atoms with E-state index in [4.69, 9.17) is 11.3 Å². The summed E-state index contributed by atoms with van der Waals surface area (Å²) >= 11 is 0. The molecular formula is C11H13F3N4O2. The Balaban J connectivity index is 2.96. The Hall–Kier alpha value is -1.96. The monoisotopic (exact) mass is 290 g/mol. The number of rotatable bonds is 5. The molecule has 0 saturated carbocycles. The zero-order valence-electron chi connectivity index (χ0n) is 10.2. The standard InChI is InChI=1S/C11H13F3N4O2/c12-11(13,14)6-1-2-8(15)7(5-6)10(20)9(19)3-4-17-18-16/h1-2,5,9-10,19-20H,3-4,15H2. The molecule has 20 heavy (non-hydrogen) atoms. The first kappa shape index (κ1) is 16.1. The van der Waals surface area contributed by atoms with E-state index < -0.39 is 23.9 Å². The van der Waals surface area contributed by atoms with Gasteiger partial charge in [0.2, 0.25) is 0 Å². The molecular weight excluding hydrogens is 277 g/mol. The van der Waals surface area contributed by atoms with Crippen LogP contribution < -0.4 is 5.73 Å². The van der Waals surface area contributed by atoms with Crippen molar-refractivity contribution in [2.24, 2.45) is 5.11 Å². The van der Waals surface area contributed by atoms with Gasteiger partial charge in [-0.15, -0.1) is 0 Å². The van der Waals surface area contributed by atoms with Gasteiger partial charge in [-0.3, -0.25) is 0 Å². The van der Waals surface area contributed by atoms with Crippen molar-refractivity contribution in [1.29, 1.82) is 0 Å². The minimum atomic E-state index is -4.57. The number of nitrogens with two attached hydrogens (primary N) is 1. The highest BCUT2D eigenvalue weighted by atomic mass is 19.4. The Morgan fingerprint density at radius 3 is 2.55 bits per heavy atom. The molecule has 110 valence electrons. The van der Waals surface area contributed by atoms with E-state index in [1.54, 1.807) is 0 Å². The van der Waals surface area contributed by atoms with Crippen molar-refractivity contribution in [1.82, 2.24) is 0 Å². The molecule has 0 saturated heterocycles. The van der Waals surface area contributed by atoms with Crippen LogP contribution in [-0.4, -0.2) is 22.9 Å². The van der Waals surface area contributed by atoms with Crippen LogP contribution in [0.15, 0.2) is 23.3 Å². The molecule has 0 fully saturated rings. The third-order valence-corrected chi connectivity index (χ3v) is 2.69. The van der Waals surface area contributed by atoms with E-state index in [0.29, 0.717) is 6.07 Å². The lowest BCUT2D eigenvalue weighted by atomic mass is 9.98. The summed E-state index contributed by atoms with van der Waals surface area (Å²) < 4.78 is 37.7. The maximum atomic E-state index is 12.6. The average Bonchev–Trinajstić information content (AvgIpc) is 2.37. The van der Waals surface area contributed by atoms with Crippen LogP contribution >= 0.6 is 0 Å². The van der Waals surface area contributed by atoms with Crippen LogP contribution in [0.25, 0.3) is 10.4 Å². The Labute approximate surface area is 112 Å².